The molecule has 0 radical (unpaired) electrons. The van der Waals surface area contributed by atoms with Crippen LogP contribution in [0, 0.1) is 12.7 Å². The summed E-state index contributed by atoms with van der Waals surface area (Å²) < 4.78 is 17.1. The van der Waals surface area contributed by atoms with Gasteiger partial charge in [-0.1, -0.05) is 38.1 Å². The van der Waals surface area contributed by atoms with Crippen LogP contribution < -0.4 is 11.1 Å². The number of aryl methyl sites for hydroxylation is 1. The summed E-state index contributed by atoms with van der Waals surface area (Å²) in [5, 5.41) is 21.5. The maximum Gasteiger partial charge on any atom is 0.322 e. The molecule has 1 aliphatic heterocycles. The van der Waals surface area contributed by atoms with Gasteiger partial charge in [0.15, 0.2) is 5.65 Å². The summed E-state index contributed by atoms with van der Waals surface area (Å²) in [4.78, 5) is 49.8. The highest BCUT2D eigenvalue weighted by Crippen LogP contribution is 2.37. The average molecular weight is 580 g/mol. The van der Waals surface area contributed by atoms with E-state index in [1.165, 1.54) is 23.1 Å². The Hall–Kier alpha value is -4.35. The number of rotatable bonds is 6. The molecular weight excluding hydrogens is 553 g/mol. The summed E-state index contributed by atoms with van der Waals surface area (Å²) in [6.07, 6.45) is 2.71. The van der Waals surface area contributed by atoms with Gasteiger partial charge in [0.05, 0.1) is 52.8 Å². The van der Waals surface area contributed by atoms with Gasteiger partial charge >= 0.3 is 11.1 Å². The Morgan fingerprint density at radius 2 is 1.95 bits per heavy atom. The van der Waals surface area contributed by atoms with Crippen molar-refractivity contribution in [2.45, 2.75) is 38.8 Å². The van der Waals surface area contributed by atoms with Crippen LogP contribution in [-0.2, 0) is 11.3 Å². The number of carbonyl (C=O) groups is 1. The zero-order valence-corrected chi connectivity index (χ0v) is 23.3. The second kappa shape index (κ2) is 10.2. The van der Waals surface area contributed by atoms with Crippen LogP contribution in [0.2, 0.25) is 5.02 Å². The number of benzene rings is 1. The largest absolute Gasteiger partial charge is 0.507 e. The van der Waals surface area contributed by atoms with Crippen LogP contribution in [0.25, 0.3) is 28.1 Å². The van der Waals surface area contributed by atoms with E-state index in [1.807, 2.05) is 13.8 Å². The number of aliphatic hydroxyl groups is 1. The van der Waals surface area contributed by atoms with Gasteiger partial charge < -0.3 is 15.1 Å². The first-order chi connectivity index (χ1) is 19.4. The molecule has 12 heteroatoms. The van der Waals surface area contributed by atoms with Crippen molar-refractivity contribution >= 4 is 28.7 Å². The van der Waals surface area contributed by atoms with Crippen LogP contribution >= 0.6 is 11.6 Å². The summed E-state index contributed by atoms with van der Waals surface area (Å²) in [7, 11) is 0. The lowest BCUT2D eigenvalue weighted by molar-refractivity contribution is -0.152. The number of halogens is 2. The van der Waals surface area contributed by atoms with Crippen LogP contribution in [-0.4, -0.2) is 58.8 Å². The molecule has 1 aliphatic rings. The number of carbonyl (C=O) groups excluding carboxylic acids is 1. The summed E-state index contributed by atoms with van der Waals surface area (Å²) in [6.45, 7) is 8.45. The summed E-state index contributed by atoms with van der Waals surface area (Å²) in [5.74, 6) is -1.75. The number of hydrogen-bond donors (Lipinski definition) is 2. The highest BCUT2D eigenvalue weighted by atomic mass is 35.5. The summed E-state index contributed by atoms with van der Waals surface area (Å²) >= 11 is 6.58. The second-order valence-electron chi connectivity index (χ2n) is 10.5. The third kappa shape index (κ3) is 4.70. The van der Waals surface area contributed by atoms with Gasteiger partial charge in [-0.3, -0.25) is 28.5 Å². The highest BCUT2D eigenvalue weighted by Gasteiger charge is 2.44. The minimum Gasteiger partial charge on any atom is -0.507 e. The van der Waals surface area contributed by atoms with Crippen molar-refractivity contribution in [3.8, 4) is 22.7 Å². The van der Waals surface area contributed by atoms with E-state index in [0.29, 0.717) is 16.9 Å². The van der Waals surface area contributed by atoms with Gasteiger partial charge in [0.2, 0.25) is 5.91 Å². The van der Waals surface area contributed by atoms with Crippen molar-refractivity contribution in [1.82, 2.24) is 24.0 Å². The van der Waals surface area contributed by atoms with Crippen molar-refractivity contribution in [2.24, 2.45) is 0 Å². The second-order valence-corrected chi connectivity index (χ2v) is 10.9. The summed E-state index contributed by atoms with van der Waals surface area (Å²) in [6, 6.07) is 6.77. The molecule has 0 bridgehead atoms. The minimum atomic E-state index is -1.52. The summed E-state index contributed by atoms with van der Waals surface area (Å²) in [5.41, 5.74) is -2.36. The molecule has 1 amide bonds. The maximum absolute atomic E-state index is 14.9. The smallest absolute Gasteiger partial charge is 0.322 e. The first kappa shape index (κ1) is 28.2. The molecule has 4 aromatic rings. The number of β-amino-alcohol motifs (C(OH)–C–C–N with tert-alkyl or cyclic N) is 1. The molecule has 2 N–H and O–H groups in total. The van der Waals surface area contributed by atoms with Crippen molar-refractivity contribution < 1.29 is 19.4 Å². The monoisotopic (exact) mass is 579 g/mol. The van der Waals surface area contributed by atoms with Crippen LogP contribution in [0.15, 0.2) is 58.8 Å². The molecule has 0 aliphatic carbocycles. The standard InChI is InChI=1S/C29H27ClFN5O5/c1-5-21(38)34-12-29(41,13-34)14-35-19-11-17(30)24(22-18(31)7-6-8-20(22)37)33-26(19)36(28(40)27(35)39)25-16(4)9-10-32-23(25)15(2)3/h5-11,15,37,41H,1,12-14H2,2-4H3. The van der Waals surface area contributed by atoms with Crippen molar-refractivity contribution in [2.75, 3.05) is 13.1 Å². The molecular formula is C29H27ClFN5O5. The number of aromatic hydroxyl groups is 1. The number of phenolic OH excluding ortho intramolecular Hbond substituents is 1. The van der Waals surface area contributed by atoms with Crippen LogP contribution in [0.5, 0.6) is 5.75 Å². The van der Waals surface area contributed by atoms with Crippen LogP contribution in [0.3, 0.4) is 0 Å². The first-order valence-electron chi connectivity index (χ1n) is 12.8. The topological polar surface area (TPSA) is 131 Å². The lowest BCUT2D eigenvalue weighted by atomic mass is 9.93. The maximum atomic E-state index is 14.9. The van der Waals surface area contributed by atoms with E-state index in [0.717, 1.165) is 21.3 Å². The van der Waals surface area contributed by atoms with E-state index >= 15 is 0 Å². The quantitative estimate of drug-likeness (QED) is 0.265. The van der Waals surface area contributed by atoms with Crippen molar-refractivity contribution in [3.05, 3.63) is 92.0 Å². The van der Waals surface area contributed by atoms with Crippen molar-refractivity contribution in [3.63, 3.8) is 0 Å². The third-order valence-corrected chi connectivity index (χ3v) is 7.42. The fourth-order valence-corrected chi connectivity index (χ4v) is 5.40. The molecule has 0 saturated carbocycles. The number of likely N-dealkylation sites (tertiary alicyclic amines) is 1. The Morgan fingerprint density at radius 3 is 2.59 bits per heavy atom. The van der Waals surface area contributed by atoms with Gasteiger partial charge in [0, 0.05) is 6.20 Å². The lowest BCUT2D eigenvalue weighted by Gasteiger charge is -2.46. The van der Waals surface area contributed by atoms with E-state index in [4.69, 9.17) is 11.6 Å². The molecule has 41 heavy (non-hydrogen) atoms. The Labute approximate surface area is 238 Å². The lowest BCUT2D eigenvalue weighted by Crippen LogP contribution is -2.66. The van der Waals surface area contributed by atoms with E-state index in [1.54, 1.807) is 19.2 Å². The molecule has 4 heterocycles. The highest BCUT2D eigenvalue weighted by molar-refractivity contribution is 6.33. The number of hydrogen-bond acceptors (Lipinski definition) is 7. The molecule has 3 aromatic heterocycles. The van der Waals surface area contributed by atoms with E-state index in [-0.39, 0.29) is 58.9 Å². The number of pyridine rings is 2. The fourth-order valence-electron chi connectivity index (χ4n) is 5.16. The zero-order valence-electron chi connectivity index (χ0n) is 22.6. The van der Waals surface area contributed by atoms with Crippen LogP contribution in [0.1, 0.15) is 31.0 Å². The number of amides is 1. The zero-order chi connectivity index (χ0) is 29.8. The predicted octanol–water partition coefficient (Wildman–Crippen LogP) is 3.30. The van der Waals surface area contributed by atoms with E-state index in [2.05, 4.69) is 16.5 Å². The van der Waals surface area contributed by atoms with Gasteiger partial charge in [-0.05, 0) is 48.7 Å². The van der Waals surface area contributed by atoms with E-state index < -0.39 is 28.3 Å². The fraction of sp³-hybridized carbons (Fsp3) is 0.276. The SMILES string of the molecule is C=CC(=O)N1CC(O)(Cn2c(=O)c(=O)n(-c3c(C)ccnc3C(C)C)c3nc(-c4c(O)cccc4F)c(Cl)cc32)C1. The number of phenols is 1. The Balaban J connectivity index is 1.85. The molecule has 10 nitrogen and oxygen atoms in total. The predicted molar refractivity (Wildman–Crippen MR) is 152 cm³/mol. The van der Waals surface area contributed by atoms with Gasteiger partial charge in [-0.2, -0.15) is 0 Å². The Morgan fingerprint density at radius 1 is 1.24 bits per heavy atom. The van der Waals surface area contributed by atoms with Crippen LogP contribution in [0.4, 0.5) is 4.39 Å². The molecule has 0 spiro atoms. The Bertz CT molecular complexity index is 1840. The number of aromatic nitrogens is 4. The van der Waals surface area contributed by atoms with Crippen molar-refractivity contribution in [1.29, 1.82) is 0 Å². The first-order valence-corrected chi connectivity index (χ1v) is 13.2. The van der Waals surface area contributed by atoms with Gasteiger partial charge in [-0.15, -0.1) is 0 Å². The molecule has 1 aromatic carbocycles. The molecule has 212 valence electrons. The average Bonchev–Trinajstić information content (AvgIpc) is 2.90. The van der Waals surface area contributed by atoms with Gasteiger partial charge in [0.25, 0.3) is 0 Å². The molecule has 1 saturated heterocycles. The Kier molecular flexibility index (Phi) is 7.04. The normalized spacial score (nSPS) is 14.4. The number of fused-ring (bicyclic) bond motifs is 1. The van der Waals surface area contributed by atoms with Gasteiger partial charge in [-0.25, -0.2) is 9.37 Å². The molecule has 1 fully saturated rings. The molecule has 5 rings (SSSR count). The third-order valence-electron chi connectivity index (χ3n) is 7.13. The molecule has 0 unspecified atom stereocenters. The molecule has 0 atom stereocenters. The number of nitrogens with zero attached hydrogens (tertiary/aromatic N) is 5. The van der Waals surface area contributed by atoms with E-state index in [9.17, 15) is 29.0 Å². The van der Waals surface area contributed by atoms with Gasteiger partial charge in [0.1, 0.15) is 17.2 Å². The minimum absolute atomic E-state index is 0.0587.